The summed E-state index contributed by atoms with van der Waals surface area (Å²) in [4.78, 5) is 4.26. The monoisotopic (exact) mass is 270 g/mol. The average molecular weight is 270 g/mol. The summed E-state index contributed by atoms with van der Waals surface area (Å²) >= 11 is 0. The molecule has 106 valence electrons. The highest BCUT2D eigenvalue weighted by Crippen LogP contribution is 2.24. The summed E-state index contributed by atoms with van der Waals surface area (Å²) in [6.07, 6.45) is 1.77. The van der Waals surface area contributed by atoms with Gasteiger partial charge in [0, 0.05) is 18.8 Å². The van der Waals surface area contributed by atoms with E-state index in [4.69, 9.17) is 4.74 Å². The van der Waals surface area contributed by atoms with Gasteiger partial charge in [-0.25, -0.2) is 4.98 Å². The van der Waals surface area contributed by atoms with Gasteiger partial charge in [0.05, 0.1) is 0 Å². The van der Waals surface area contributed by atoms with Gasteiger partial charge >= 0.3 is 0 Å². The second-order valence-electron chi connectivity index (χ2n) is 5.82. The van der Waals surface area contributed by atoms with Crippen molar-refractivity contribution in [3.8, 4) is 5.75 Å². The molecule has 3 heteroatoms. The molecule has 1 N–H and O–H groups in total. The molecular weight excluding hydrogens is 248 g/mol. The molecule has 0 aliphatic carbocycles. The second-order valence-corrected chi connectivity index (χ2v) is 5.82. The van der Waals surface area contributed by atoms with E-state index in [0.29, 0.717) is 6.61 Å². The second kappa shape index (κ2) is 5.95. The SMILES string of the molecule is CNc1ncccc1COc1ccc(C(C)(C)C)cc1. The number of hydrogen-bond acceptors (Lipinski definition) is 3. The molecule has 0 saturated heterocycles. The van der Waals surface area contributed by atoms with Crippen LogP contribution in [-0.4, -0.2) is 12.0 Å². The number of hydrogen-bond donors (Lipinski definition) is 1. The molecule has 0 radical (unpaired) electrons. The predicted molar refractivity (Wildman–Crippen MR) is 83.3 cm³/mol. The summed E-state index contributed by atoms with van der Waals surface area (Å²) in [7, 11) is 1.87. The number of pyridine rings is 1. The Hall–Kier alpha value is -2.03. The first-order chi connectivity index (χ1) is 9.50. The number of ether oxygens (including phenoxy) is 1. The largest absolute Gasteiger partial charge is 0.489 e. The lowest BCUT2D eigenvalue weighted by molar-refractivity contribution is 0.306. The highest BCUT2D eigenvalue weighted by Gasteiger charge is 2.13. The van der Waals surface area contributed by atoms with E-state index >= 15 is 0 Å². The van der Waals surface area contributed by atoms with Crippen LogP contribution in [0, 0.1) is 0 Å². The summed E-state index contributed by atoms with van der Waals surface area (Å²) in [5.41, 5.74) is 2.53. The number of aromatic nitrogens is 1. The minimum absolute atomic E-state index is 0.168. The number of anilines is 1. The van der Waals surface area contributed by atoms with Gasteiger partial charge in [0.2, 0.25) is 0 Å². The van der Waals surface area contributed by atoms with E-state index in [0.717, 1.165) is 17.1 Å². The summed E-state index contributed by atoms with van der Waals surface area (Å²) < 4.78 is 5.82. The van der Waals surface area contributed by atoms with Crippen LogP contribution in [0.3, 0.4) is 0 Å². The van der Waals surface area contributed by atoms with Crippen LogP contribution in [0.5, 0.6) is 5.75 Å². The highest BCUT2D eigenvalue weighted by atomic mass is 16.5. The van der Waals surface area contributed by atoms with Gasteiger partial charge in [-0.15, -0.1) is 0 Å². The Morgan fingerprint density at radius 3 is 2.40 bits per heavy atom. The van der Waals surface area contributed by atoms with Gasteiger partial charge in [-0.3, -0.25) is 0 Å². The zero-order valence-corrected chi connectivity index (χ0v) is 12.6. The molecule has 0 aliphatic rings. The van der Waals surface area contributed by atoms with E-state index < -0.39 is 0 Å². The van der Waals surface area contributed by atoms with Crippen molar-refractivity contribution in [2.24, 2.45) is 0 Å². The fourth-order valence-electron chi connectivity index (χ4n) is 1.99. The van der Waals surface area contributed by atoms with Gasteiger partial charge in [-0.1, -0.05) is 39.0 Å². The van der Waals surface area contributed by atoms with E-state index in [9.17, 15) is 0 Å². The molecule has 0 aliphatic heterocycles. The van der Waals surface area contributed by atoms with Gasteiger partial charge in [-0.05, 0) is 29.2 Å². The Morgan fingerprint density at radius 2 is 1.80 bits per heavy atom. The van der Waals surface area contributed by atoms with Crippen LogP contribution in [0.15, 0.2) is 42.6 Å². The quantitative estimate of drug-likeness (QED) is 0.911. The van der Waals surface area contributed by atoms with Crippen molar-refractivity contribution in [3.05, 3.63) is 53.7 Å². The Kier molecular flexibility index (Phi) is 4.28. The molecule has 0 spiro atoms. The molecule has 0 unspecified atom stereocenters. The molecule has 20 heavy (non-hydrogen) atoms. The van der Waals surface area contributed by atoms with E-state index in [2.05, 4.69) is 43.2 Å². The van der Waals surface area contributed by atoms with Crippen molar-refractivity contribution in [2.75, 3.05) is 12.4 Å². The Morgan fingerprint density at radius 1 is 1.10 bits per heavy atom. The first-order valence-electron chi connectivity index (χ1n) is 6.85. The highest BCUT2D eigenvalue weighted by molar-refractivity contribution is 5.42. The van der Waals surface area contributed by atoms with Crippen molar-refractivity contribution in [2.45, 2.75) is 32.8 Å². The van der Waals surface area contributed by atoms with E-state index in [1.165, 1.54) is 5.56 Å². The minimum atomic E-state index is 0.168. The molecule has 0 amide bonds. The third-order valence-corrected chi connectivity index (χ3v) is 3.24. The molecule has 1 aromatic carbocycles. The molecule has 0 bridgehead atoms. The van der Waals surface area contributed by atoms with Gasteiger partial charge in [0.25, 0.3) is 0 Å². The van der Waals surface area contributed by atoms with Crippen LogP contribution in [0.1, 0.15) is 31.9 Å². The molecular formula is C17H22N2O. The lowest BCUT2D eigenvalue weighted by Gasteiger charge is -2.19. The summed E-state index contributed by atoms with van der Waals surface area (Å²) in [5.74, 6) is 1.74. The lowest BCUT2D eigenvalue weighted by atomic mass is 9.87. The van der Waals surface area contributed by atoms with Gasteiger partial charge < -0.3 is 10.1 Å². The maximum absolute atomic E-state index is 5.82. The van der Waals surface area contributed by atoms with E-state index in [1.807, 2.05) is 31.3 Å². The Labute approximate surface area is 121 Å². The lowest BCUT2D eigenvalue weighted by Crippen LogP contribution is -2.10. The first kappa shape index (κ1) is 14.4. The molecule has 2 rings (SSSR count). The van der Waals surface area contributed by atoms with Crippen LogP contribution in [-0.2, 0) is 12.0 Å². The molecule has 1 aromatic heterocycles. The van der Waals surface area contributed by atoms with Crippen LogP contribution >= 0.6 is 0 Å². The number of rotatable bonds is 4. The van der Waals surface area contributed by atoms with Crippen LogP contribution < -0.4 is 10.1 Å². The van der Waals surface area contributed by atoms with Crippen molar-refractivity contribution >= 4 is 5.82 Å². The van der Waals surface area contributed by atoms with E-state index in [-0.39, 0.29) is 5.41 Å². The van der Waals surface area contributed by atoms with Crippen LogP contribution in [0.2, 0.25) is 0 Å². The third kappa shape index (κ3) is 3.50. The van der Waals surface area contributed by atoms with E-state index in [1.54, 1.807) is 6.20 Å². The maximum atomic E-state index is 5.82. The van der Waals surface area contributed by atoms with Gasteiger partial charge in [0.1, 0.15) is 18.2 Å². The smallest absolute Gasteiger partial charge is 0.132 e. The fraction of sp³-hybridized carbons (Fsp3) is 0.353. The third-order valence-electron chi connectivity index (χ3n) is 3.24. The molecule has 1 heterocycles. The van der Waals surface area contributed by atoms with Gasteiger partial charge in [0.15, 0.2) is 0 Å². The topological polar surface area (TPSA) is 34.2 Å². The standard InChI is InChI=1S/C17H22N2O/c1-17(2,3)14-7-9-15(10-8-14)20-12-13-6-5-11-19-16(13)18-4/h5-11H,12H2,1-4H3,(H,18,19). The number of benzene rings is 1. The summed E-state index contributed by atoms with van der Waals surface area (Å²) in [6.45, 7) is 7.13. The maximum Gasteiger partial charge on any atom is 0.132 e. The van der Waals surface area contributed by atoms with Crippen molar-refractivity contribution in [1.29, 1.82) is 0 Å². The van der Waals surface area contributed by atoms with Gasteiger partial charge in [-0.2, -0.15) is 0 Å². The Bertz CT molecular complexity index is 556. The normalized spacial score (nSPS) is 11.2. The summed E-state index contributed by atoms with van der Waals surface area (Å²) in [6, 6.07) is 12.2. The average Bonchev–Trinajstić information content (AvgIpc) is 2.45. The minimum Gasteiger partial charge on any atom is -0.489 e. The fourth-order valence-corrected chi connectivity index (χ4v) is 1.99. The van der Waals surface area contributed by atoms with Crippen molar-refractivity contribution in [3.63, 3.8) is 0 Å². The molecule has 0 atom stereocenters. The summed E-state index contributed by atoms with van der Waals surface area (Å²) in [5, 5.41) is 3.07. The van der Waals surface area contributed by atoms with Crippen molar-refractivity contribution in [1.82, 2.24) is 4.98 Å². The van der Waals surface area contributed by atoms with Crippen LogP contribution in [0.4, 0.5) is 5.82 Å². The Balaban J connectivity index is 2.04. The number of nitrogens with one attached hydrogen (secondary N) is 1. The molecule has 0 fully saturated rings. The molecule has 3 nitrogen and oxygen atoms in total. The first-order valence-corrected chi connectivity index (χ1v) is 6.85. The molecule has 2 aromatic rings. The number of nitrogens with zero attached hydrogens (tertiary/aromatic N) is 1. The van der Waals surface area contributed by atoms with Crippen molar-refractivity contribution < 1.29 is 4.74 Å². The zero-order valence-electron chi connectivity index (χ0n) is 12.6. The van der Waals surface area contributed by atoms with Crippen LogP contribution in [0.25, 0.3) is 0 Å². The molecule has 0 saturated carbocycles. The zero-order chi connectivity index (χ0) is 14.6. The predicted octanol–water partition coefficient (Wildman–Crippen LogP) is 4.00.